The highest BCUT2D eigenvalue weighted by atomic mass is 79.9. The van der Waals surface area contributed by atoms with Crippen LogP contribution >= 0.6 is 15.9 Å². The van der Waals surface area contributed by atoms with Gasteiger partial charge >= 0.3 is 0 Å². The Morgan fingerprint density at radius 3 is 2.67 bits per heavy atom. The SMILES string of the molecule is CC(C)c1[nH]nc(C(=O)N2CCCC2CC(C)(C)C)c1Br. The lowest BCUT2D eigenvalue weighted by Gasteiger charge is -2.30. The maximum Gasteiger partial charge on any atom is 0.275 e. The van der Waals surface area contributed by atoms with Gasteiger partial charge in [0.1, 0.15) is 0 Å². The number of H-pyrrole nitrogens is 1. The maximum absolute atomic E-state index is 12.8. The molecule has 0 spiro atoms. The molecule has 0 aliphatic carbocycles. The number of aromatic amines is 1. The van der Waals surface area contributed by atoms with Gasteiger partial charge in [0.25, 0.3) is 5.91 Å². The first-order valence-corrected chi connectivity index (χ1v) is 8.54. The first-order valence-electron chi connectivity index (χ1n) is 7.75. The number of hydrogen-bond donors (Lipinski definition) is 1. The van der Waals surface area contributed by atoms with Gasteiger partial charge in [0, 0.05) is 12.6 Å². The molecule has 0 bridgehead atoms. The Morgan fingerprint density at radius 2 is 2.14 bits per heavy atom. The van der Waals surface area contributed by atoms with E-state index < -0.39 is 0 Å². The van der Waals surface area contributed by atoms with Crippen molar-refractivity contribution in [3.05, 3.63) is 15.9 Å². The Bertz CT molecular complexity index is 516. The summed E-state index contributed by atoms with van der Waals surface area (Å²) < 4.78 is 0.823. The number of nitrogens with one attached hydrogen (secondary N) is 1. The van der Waals surface area contributed by atoms with Crippen LogP contribution in [0.15, 0.2) is 4.47 Å². The molecule has 0 saturated carbocycles. The standard InChI is InChI=1S/C16H26BrN3O/c1-10(2)13-12(17)14(19-18-13)15(21)20-8-6-7-11(20)9-16(3,4)5/h10-11H,6-9H2,1-5H3,(H,18,19). The predicted molar refractivity (Wildman–Crippen MR) is 88.5 cm³/mol. The number of amides is 1. The van der Waals surface area contributed by atoms with Gasteiger partial charge < -0.3 is 4.90 Å². The quantitative estimate of drug-likeness (QED) is 0.876. The highest BCUT2D eigenvalue weighted by molar-refractivity contribution is 9.10. The average Bonchev–Trinajstić information content (AvgIpc) is 2.93. The van der Waals surface area contributed by atoms with E-state index in [4.69, 9.17) is 0 Å². The second-order valence-corrected chi connectivity index (χ2v) is 8.31. The molecule has 1 saturated heterocycles. The molecule has 0 radical (unpaired) electrons. The largest absolute Gasteiger partial charge is 0.334 e. The lowest BCUT2D eigenvalue weighted by molar-refractivity contribution is 0.0697. The summed E-state index contributed by atoms with van der Waals surface area (Å²) in [6, 6.07) is 0.337. The molecule has 2 rings (SSSR count). The van der Waals surface area contributed by atoms with E-state index in [0.717, 1.165) is 36.0 Å². The highest BCUT2D eigenvalue weighted by Gasteiger charge is 2.34. The van der Waals surface area contributed by atoms with Gasteiger partial charge in [-0.05, 0) is 46.5 Å². The summed E-state index contributed by atoms with van der Waals surface area (Å²) >= 11 is 3.54. The Kier molecular flexibility index (Phi) is 4.81. The molecule has 1 fully saturated rings. The number of aromatic nitrogens is 2. The Morgan fingerprint density at radius 1 is 1.48 bits per heavy atom. The van der Waals surface area contributed by atoms with Gasteiger partial charge in [0.05, 0.1) is 10.2 Å². The van der Waals surface area contributed by atoms with Gasteiger partial charge in [-0.15, -0.1) is 0 Å². The molecule has 2 heterocycles. The van der Waals surface area contributed by atoms with Crippen molar-refractivity contribution in [2.75, 3.05) is 6.54 Å². The zero-order valence-corrected chi connectivity index (χ0v) is 15.2. The van der Waals surface area contributed by atoms with Gasteiger partial charge in [-0.2, -0.15) is 5.10 Å². The van der Waals surface area contributed by atoms with E-state index in [1.807, 2.05) is 4.90 Å². The van der Waals surface area contributed by atoms with Crippen molar-refractivity contribution >= 4 is 21.8 Å². The van der Waals surface area contributed by atoms with Crippen molar-refractivity contribution in [3.63, 3.8) is 0 Å². The minimum atomic E-state index is 0.0526. The lowest BCUT2D eigenvalue weighted by Crippen LogP contribution is -2.38. The fourth-order valence-electron chi connectivity index (χ4n) is 3.02. The molecule has 1 aliphatic rings. The number of nitrogens with zero attached hydrogens (tertiary/aromatic N) is 2. The van der Waals surface area contributed by atoms with Crippen LogP contribution in [0.4, 0.5) is 0 Å². The molecule has 5 heteroatoms. The van der Waals surface area contributed by atoms with Gasteiger partial charge in [-0.1, -0.05) is 34.6 Å². The van der Waals surface area contributed by atoms with Crippen LogP contribution in [0.5, 0.6) is 0 Å². The minimum absolute atomic E-state index is 0.0526. The Hall–Kier alpha value is -0.840. The summed E-state index contributed by atoms with van der Waals surface area (Å²) in [5.74, 6) is 0.370. The molecule has 1 aromatic rings. The smallest absolute Gasteiger partial charge is 0.275 e. The number of halogens is 1. The molecule has 0 aromatic carbocycles. The zero-order chi connectivity index (χ0) is 15.8. The van der Waals surface area contributed by atoms with Gasteiger partial charge in [0.2, 0.25) is 0 Å². The van der Waals surface area contributed by atoms with Crippen LogP contribution in [0, 0.1) is 5.41 Å². The van der Waals surface area contributed by atoms with E-state index in [2.05, 4.69) is 60.7 Å². The predicted octanol–water partition coefficient (Wildman–Crippen LogP) is 4.34. The van der Waals surface area contributed by atoms with E-state index in [9.17, 15) is 4.79 Å². The monoisotopic (exact) mass is 355 g/mol. The molecular weight excluding hydrogens is 330 g/mol. The van der Waals surface area contributed by atoms with E-state index >= 15 is 0 Å². The Balaban J connectivity index is 2.19. The fraction of sp³-hybridized carbons (Fsp3) is 0.750. The summed E-state index contributed by atoms with van der Waals surface area (Å²) in [5, 5.41) is 7.25. The molecule has 1 N–H and O–H groups in total. The van der Waals surface area contributed by atoms with Crippen molar-refractivity contribution < 1.29 is 4.79 Å². The third-order valence-electron chi connectivity index (χ3n) is 4.00. The summed E-state index contributed by atoms with van der Waals surface area (Å²) in [6.07, 6.45) is 3.23. The highest BCUT2D eigenvalue weighted by Crippen LogP contribution is 2.32. The van der Waals surface area contributed by atoms with E-state index in [1.54, 1.807) is 0 Å². The number of carbonyl (C=O) groups excluding carboxylic acids is 1. The molecule has 118 valence electrons. The van der Waals surface area contributed by atoms with Crippen LogP contribution in [0.2, 0.25) is 0 Å². The third kappa shape index (κ3) is 3.68. The van der Waals surface area contributed by atoms with Crippen LogP contribution in [-0.4, -0.2) is 33.6 Å². The van der Waals surface area contributed by atoms with Gasteiger partial charge in [-0.25, -0.2) is 0 Å². The van der Waals surface area contributed by atoms with Crippen LogP contribution in [-0.2, 0) is 0 Å². The van der Waals surface area contributed by atoms with Crippen LogP contribution < -0.4 is 0 Å². The van der Waals surface area contributed by atoms with Crippen LogP contribution in [0.1, 0.15) is 76.0 Å². The van der Waals surface area contributed by atoms with E-state index in [0.29, 0.717) is 17.7 Å². The topological polar surface area (TPSA) is 49.0 Å². The number of hydrogen-bond acceptors (Lipinski definition) is 2. The zero-order valence-electron chi connectivity index (χ0n) is 13.7. The van der Waals surface area contributed by atoms with Crippen molar-refractivity contribution in [2.24, 2.45) is 5.41 Å². The van der Waals surface area contributed by atoms with Gasteiger partial charge in [0.15, 0.2) is 5.69 Å². The number of carbonyl (C=O) groups is 1. The third-order valence-corrected chi connectivity index (χ3v) is 4.80. The van der Waals surface area contributed by atoms with Crippen LogP contribution in [0.25, 0.3) is 0 Å². The summed E-state index contributed by atoms with van der Waals surface area (Å²) in [4.78, 5) is 14.8. The van der Waals surface area contributed by atoms with E-state index in [1.165, 1.54) is 0 Å². The maximum atomic E-state index is 12.8. The van der Waals surface area contributed by atoms with Crippen molar-refractivity contribution in [3.8, 4) is 0 Å². The summed E-state index contributed by atoms with van der Waals surface area (Å²) in [6.45, 7) is 11.7. The molecule has 4 nitrogen and oxygen atoms in total. The Labute approximate surface area is 135 Å². The van der Waals surface area contributed by atoms with Crippen molar-refractivity contribution in [1.82, 2.24) is 15.1 Å². The second kappa shape index (κ2) is 6.11. The molecule has 1 unspecified atom stereocenters. The first-order chi connectivity index (χ1) is 9.70. The lowest BCUT2D eigenvalue weighted by atomic mass is 9.87. The summed E-state index contributed by atoms with van der Waals surface area (Å²) in [7, 11) is 0. The molecule has 1 amide bonds. The second-order valence-electron chi connectivity index (χ2n) is 7.51. The number of likely N-dealkylation sites (tertiary alicyclic amines) is 1. The molecule has 21 heavy (non-hydrogen) atoms. The van der Waals surface area contributed by atoms with Gasteiger partial charge in [-0.3, -0.25) is 9.89 Å². The van der Waals surface area contributed by atoms with E-state index in [-0.39, 0.29) is 11.3 Å². The normalized spacial score (nSPS) is 19.6. The van der Waals surface area contributed by atoms with Crippen molar-refractivity contribution in [1.29, 1.82) is 0 Å². The molecule has 1 aliphatic heterocycles. The fourth-order valence-corrected chi connectivity index (χ4v) is 3.83. The summed E-state index contributed by atoms with van der Waals surface area (Å²) in [5.41, 5.74) is 1.75. The number of rotatable bonds is 3. The van der Waals surface area contributed by atoms with Crippen molar-refractivity contribution in [2.45, 2.75) is 65.8 Å². The van der Waals surface area contributed by atoms with Crippen LogP contribution in [0.3, 0.4) is 0 Å². The molecule has 1 aromatic heterocycles. The molecular formula is C16H26BrN3O. The first kappa shape index (κ1) is 16.5. The average molecular weight is 356 g/mol. The minimum Gasteiger partial charge on any atom is -0.334 e. The molecule has 1 atom stereocenters.